The number of nitrogens with two attached hydrogens (primary N) is 1. The van der Waals surface area contributed by atoms with Gasteiger partial charge in [0, 0.05) is 5.56 Å². The Morgan fingerprint density at radius 2 is 2.15 bits per heavy atom. The van der Waals surface area contributed by atoms with Crippen molar-refractivity contribution >= 4 is 34.1 Å². The number of halogens is 3. The van der Waals surface area contributed by atoms with E-state index in [0.717, 1.165) is 0 Å². The molecule has 0 radical (unpaired) electrons. The zero-order chi connectivity index (χ0) is 9.14. The monoisotopic (exact) mass is 267 g/mol. The summed E-state index contributed by atoms with van der Waals surface area (Å²) in [5, 5.41) is 0. The molecule has 0 aliphatic heterocycles. The molecule has 0 atom stereocenters. The number of carbonyl (C=O) groups excluding carboxylic acids is 1. The summed E-state index contributed by atoms with van der Waals surface area (Å²) in [5.74, 6) is -0.712. The van der Waals surface area contributed by atoms with Gasteiger partial charge in [0.1, 0.15) is 5.82 Å². The fourth-order valence-electron chi connectivity index (χ4n) is 0.787. The highest BCUT2D eigenvalue weighted by Crippen LogP contribution is 2.16. The van der Waals surface area contributed by atoms with E-state index >= 15 is 0 Å². The van der Waals surface area contributed by atoms with Crippen LogP contribution in [-0.2, 0) is 0 Å². The molecule has 2 N–H and O–H groups in total. The molecular formula is C8H8BrClFNO. The molecule has 2 nitrogen and oxygen atoms in total. The number of benzene rings is 1. The first-order chi connectivity index (χ1) is 5.65. The van der Waals surface area contributed by atoms with Gasteiger partial charge in [-0.3, -0.25) is 4.79 Å². The molecule has 0 saturated carbocycles. The van der Waals surface area contributed by atoms with Gasteiger partial charge in [-0.25, -0.2) is 4.39 Å². The van der Waals surface area contributed by atoms with Crippen LogP contribution in [0.5, 0.6) is 0 Å². The summed E-state index contributed by atoms with van der Waals surface area (Å²) in [7, 11) is 0. The minimum absolute atomic E-state index is 0. The summed E-state index contributed by atoms with van der Waals surface area (Å²) in [6, 6.07) is 4.18. The second-order valence-corrected chi connectivity index (χ2v) is 3.11. The molecule has 0 saturated heterocycles. The molecule has 0 aromatic heterocycles. The topological polar surface area (TPSA) is 43.1 Å². The molecule has 0 spiro atoms. The van der Waals surface area contributed by atoms with E-state index in [1.807, 2.05) is 0 Å². The van der Waals surface area contributed by atoms with Gasteiger partial charge in [0.15, 0.2) is 5.78 Å². The number of Topliss-reactive ketones (excluding diaryl/α,β-unsaturated/α-hetero) is 1. The molecule has 5 heteroatoms. The fourth-order valence-corrected chi connectivity index (χ4v) is 1.03. The van der Waals surface area contributed by atoms with E-state index in [4.69, 9.17) is 5.73 Å². The summed E-state index contributed by atoms with van der Waals surface area (Å²) in [6.07, 6.45) is 0. The molecule has 0 unspecified atom stereocenters. The lowest BCUT2D eigenvalue weighted by Gasteiger charge is -1.98. The van der Waals surface area contributed by atoms with Gasteiger partial charge >= 0.3 is 0 Å². The van der Waals surface area contributed by atoms with Crippen molar-refractivity contribution in [2.45, 2.75) is 0 Å². The van der Waals surface area contributed by atoms with E-state index in [1.54, 1.807) is 0 Å². The summed E-state index contributed by atoms with van der Waals surface area (Å²) in [6.45, 7) is -0.0962. The zero-order valence-electron chi connectivity index (χ0n) is 6.59. The lowest BCUT2D eigenvalue weighted by Crippen LogP contribution is -2.13. The molecular weight excluding hydrogens is 260 g/mol. The predicted octanol–water partition coefficient (Wildman–Crippen LogP) is 2.15. The van der Waals surface area contributed by atoms with Gasteiger partial charge in [-0.15, -0.1) is 12.4 Å². The lowest BCUT2D eigenvalue weighted by molar-refractivity contribution is 0.100. The van der Waals surface area contributed by atoms with Gasteiger partial charge in [-0.1, -0.05) is 6.07 Å². The van der Waals surface area contributed by atoms with Crippen molar-refractivity contribution in [1.29, 1.82) is 0 Å². The summed E-state index contributed by atoms with van der Waals surface area (Å²) >= 11 is 2.98. The van der Waals surface area contributed by atoms with Gasteiger partial charge in [0.2, 0.25) is 0 Å². The molecule has 0 aliphatic rings. The van der Waals surface area contributed by atoms with Crippen molar-refractivity contribution in [3.05, 3.63) is 34.1 Å². The Balaban J connectivity index is 0.00000144. The molecule has 0 amide bonds. The normalized spacial score (nSPS) is 9.15. The van der Waals surface area contributed by atoms with Gasteiger partial charge in [0.25, 0.3) is 0 Å². The number of hydrogen-bond acceptors (Lipinski definition) is 2. The van der Waals surface area contributed by atoms with Crippen LogP contribution in [0.2, 0.25) is 0 Å². The number of ketones is 1. The first-order valence-corrected chi connectivity index (χ1v) is 4.12. The third kappa shape index (κ3) is 3.06. The van der Waals surface area contributed by atoms with Gasteiger partial charge in [0.05, 0.1) is 11.0 Å². The first kappa shape index (κ1) is 12.6. The molecule has 1 rings (SSSR count). The number of hydrogen-bond donors (Lipinski definition) is 1. The average Bonchev–Trinajstić information content (AvgIpc) is 2.08. The summed E-state index contributed by atoms with van der Waals surface area (Å²) < 4.78 is 13.2. The molecule has 0 fully saturated rings. The van der Waals surface area contributed by atoms with E-state index in [-0.39, 0.29) is 24.7 Å². The summed E-state index contributed by atoms with van der Waals surface area (Å²) in [4.78, 5) is 11.0. The molecule has 1 aromatic rings. The van der Waals surface area contributed by atoms with Crippen LogP contribution in [0.15, 0.2) is 22.7 Å². The van der Waals surface area contributed by atoms with Crippen LogP contribution in [0.4, 0.5) is 4.39 Å². The maximum Gasteiger partial charge on any atom is 0.176 e. The quantitative estimate of drug-likeness (QED) is 0.835. The minimum Gasteiger partial charge on any atom is -0.324 e. The molecule has 0 aliphatic carbocycles. The van der Waals surface area contributed by atoms with Crippen LogP contribution in [0.3, 0.4) is 0 Å². The van der Waals surface area contributed by atoms with Crippen molar-refractivity contribution in [1.82, 2.24) is 0 Å². The molecule has 72 valence electrons. The maximum absolute atomic E-state index is 12.8. The summed E-state index contributed by atoms with van der Waals surface area (Å²) in [5.41, 5.74) is 5.41. The van der Waals surface area contributed by atoms with Crippen LogP contribution in [-0.4, -0.2) is 12.3 Å². The maximum atomic E-state index is 12.8. The number of carbonyl (C=O) groups is 1. The highest BCUT2D eigenvalue weighted by atomic mass is 79.9. The Hall–Kier alpha value is -0.450. The van der Waals surface area contributed by atoms with E-state index in [0.29, 0.717) is 10.0 Å². The average molecular weight is 269 g/mol. The van der Waals surface area contributed by atoms with Crippen LogP contribution >= 0.6 is 28.3 Å². The Bertz CT molecular complexity index is 319. The van der Waals surface area contributed by atoms with Crippen molar-refractivity contribution < 1.29 is 9.18 Å². The molecule has 0 heterocycles. The molecule has 0 bridgehead atoms. The number of rotatable bonds is 2. The van der Waals surface area contributed by atoms with Crippen molar-refractivity contribution in [3.63, 3.8) is 0 Å². The second kappa shape index (κ2) is 5.32. The second-order valence-electron chi connectivity index (χ2n) is 2.26. The van der Waals surface area contributed by atoms with E-state index in [9.17, 15) is 9.18 Å². The standard InChI is InChI=1S/C8H7BrFNO.ClH/c9-6-2-1-5(3-7(6)10)8(12)4-11;/h1-3H,4,11H2;1H. The van der Waals surface area contributed by atoms with Crippen LogP contribution in [0.1, 0.15) is 10.4 Å². The smallest absolute Gasteiger partial charge is 0.176 e. The van der Waals surface area contributed by atoms with Gasteiger partial charge in [-0.2, -0.15) is 0 Å². The Morgan fingerprint density at radius 1 is 1.54 bits per heavy atom. The minimum atomic E-state index is -0.450. The third-order valence-corrected chi connectivity index (χ3v) is 2.07. The molecule has 1 aromatic carbocycles. The SMILES string of the molecule is Cl.NCC(=O)c1ccc(Br)c(F)c1. The van der Waals surface area contributed by atoms with Crippen LogP contribution < -0.4 is 5.73 Å². The van der Waals surface area contributed by atoms with E-state index in [1.165, 1.54) is 18.2 Å². The Morgan fingerprint density at radius 3 is 2.62 bits per heavy atom. The predicted molar refractivity (Wildman–Crippen MR) is 54.7 cm³/mol. The Labute approximate surface area is 89.8 Å². The van der Waals surface area contributed by atoms with Crippen molar-refractivity contribution in [2.24, 2.45) is 5.73 Å². The largest absolute Gasteiger partial charge is 0.324 e. The van der Waals surface area contributed by atoms with E-state index in [2.05, 4.69) is 15.9 Å². The van der Waals surface area contributed by atoms with E-state index < -0.39 is 5.82 Å². The van der Waals surface area contributed by atoms with Crippen LogP contribution in [0, 0.1) is 5.82 Å². The Kier molecular flexibility index (Phi) is 5.13. The fraction of sp³-hybridized carbons (Fsp3) is 0.125. The lowest BCUT2D eigenvalue weighted by atomic mass is 10.1. The first-order valence-electron chi connectivity index (χ1n) is 3.33. The van der Waals surface area contributed by atoms with Crippen molar-refractivity contribution in [3.8, 4) is 0 Å². The third-order valence-electron chi connectivity index (χ3n) is 1.43. The highest BCUT2D eigenvalue weighted by molar-refractivity contribution is 9.10. The van der Waals surface area contributed by atoms with Gasteiger partial charge < -0.3 is 5.73 Å². The van der Waals surface area contributed by atoms with Crippen LogP contribution in [0.25, 0.3) is 0 Å². The molecule has 13 heavy (non-hydrogen) atoms. The van der Waals surface area contributed by atoms with Gasteiger partial charge in [-0.05, 0) is 28.1 Å². The van der Waals surface area contributed by atoms with Crippen molar-refractivity contribution in [2.75, 3.05) is 6.54 Å². The zero-order valence-corrected chi connectivity index (χ0v) is 8.99. The highest BCUT2D eigenvalue weighted by Gasteiger charge is 2.05.